The van der Waals surface area contributed by atoms with Crippen LogP contribution in [0.4, 0.5) is 18.9 Å². The van der Waals surface area contributed by atoms with Crippen LogP contribution in [0.1, 0.15) is 5.56 Å². The van der Waals surface area contributed by atoms with Crippen LogP contribution in [0.3, 0.4) is 0 Å². The summed E-state index contributed by atoms with van der Waals surface area (Å²) < 4.78 is 60.4. The molecule has 2 rings (SSSR count). The molecule has 0 saturated carbocycles. The number of anilines is 1. The van der Waals surface area contributed by atoms with Gasteiger partial charge in [0.1, 0.15) is 0 Å². The molecule has 0 aliphatic heterocycles. The Balaban J connectivity index is 2.07. The lowest BCUT2D eigenvalue weighted by molar-refractivity contribution is 0.234. The monoisotopic (exact) mass is 331 g/mol. The van der Waals surface area contributed by atoms with Crippen molar-refractivity contribution in [2.24, 2.45) is 0 Å². The zero-order valence-electron chi connectivity index (χ0n) is 11.1. The van der Waals surface area contributed by atoms with Crippen molar-refractivity contribution in [3.63, 3.8) is 0 Å². The SMILES string of the molecule is O=S(=O)(c1ccc(NCc2ccc(O)c(F)c2)cc1)C(F)F. The Morgan fingerprint density at radius 2 is 1.73 bits per heavy atom. The minimum Gasteiger partial charge on any atom is -0.505 e. The van der Waals surface area contributed by atoms with Gasteiger partial charge in [-0.3, -0.25) is 0 Å². The Kier molecular flexibility index (Phi) is 4.60. The van der Waals surface area contributed by atoms with Gasteiger partial charge in [0.2, 0.25) is 9.84 Å². The highest BCUT2D eigenvalue weighted by Gasteiger charge is 2.26. The quantitative estimate of drug-likeness (QED) is 0.883. The number of phenols is 1. The van der Waals surface area contributed by atoms with Gasteiger partial charge in [-0.2, -0.15) is 8.78 Å². The molecule has 0 fully saturated rings. The predicted octanol–water partition coefficient (Wildman–Crippen LogP) is 3.14. The van der Waals surface area contributed by atoms with Crippen molar-refractivity contribution >= 4 is 15.5 Å². The van der Waals surface area contributed by atoms with Crippen molar-refractivity contribution in [1.29, 1.82) is 0 Å². The zero-order valence-corrected chi connectivity index (χ0v) is 11.9. The van der Waals surface area contributed by atoms with Gasteiger partial charge < -0.3 is 10.4 Å². The van der Waals surface area contributed by atoms with E-state index in [1.807, 2.05) is 0 Å². The number of rotatable bonds is 5. The van der Waals surface area contributed by atoms with Crippen LogP contribution in [-0.4, -0.2) is 19.3 Å². The van der Waals surface area contributed by atoms with E-state index in [9.17, 15) is 21.6 Å². The number of hydrogen-bond donors (Lipinski definition) is 2. The average Bonchev–Trinajstić information content (AvgIpc) is 2.49. The number of phenolic OH excluding ortho intramolecular Hbond substituents is 1. The van der Waals surface area contributed by atoms with E-state index in [0.717, 1.165) is 18.2 Å². The number of aromatic hydroxyl groups is 1. The van der Waals surface area contributed by atoms with Crippen LogP contribution in [0.25, 0.3) is 0 Å². The third kappa shape index (κ3) is 3.51. The van der Waals surface area contributed by atoms with Gasteiger partial charge >= 0.3 is 5.76 Å². The number of hydrogen-bond acceptors (Lipinski definition) is 4. The highest BCUT2D eigenvalue weighted by atomic mass is 32.2. The van der Waals surface area contributed by atoms with Gasteiger partial charge in [-0.25, -0.2) is 12.8 Å². The van der Waals surface area contributed by atoms with E-state index in [1.54, 1.807) is 0 Å². The summed E-state index contributed by atoms with van der Waals surface area (Å²) in [6.45, 7) is 0.220. The Morgan fingerprint density at radius 3 is 2.27 bits per heavy atom. The van der Waals surface area contributed by atoms with Gasteiger partial charge in [-0.05, 0) is 42.0 Å². The summed E-state index contributed by atoms with van der Waals surface area (Å²) in [6.07, 6.45) is 0. The molecule has 2 N–H and O–H groups in total. The molecule has 0 unspecified atom stereocenters. The average molecular weight is 331 g/mol. The van der Waals surface area contributed by atoms with Crippen LogP contribution < -0.4 is 5.32 Å². The summed E-state index contributed by atoms with van der Waals surface area (Å²) in [5.41, 5.74) is 1.04. The standard InChI is InChI=1S/C14H12F3NO3S/c15-12-7-9(1-6-13(12)19)8-18-10-2-4-11(5-3-10)22(20,21)14(16)17/h1-7,14,18-19H,8H2. The van der Waals surface area contributed by atoms with Crippen molar-refractivity contribution in [3.8, 4) is 5.75 Å². The Morgan fingerprint density at radius 1 is 1.09 bits per heavy atom. The first-order valence-electron chi connectivity index (χ1n) is 6.14. The molecule has 22 heavy (non-hydrogen) atoms. The number of benzene rings is 2. The zero-order chi connectivity index (χ0) is 16.3. The maximum atomic E-state index is 13.1. The fourth-order valence-corrected chi connectivity index (χ4v) is 2.45. The van der Waals surface area contributed by atoms with Gasteiger partial charge in [-0.1, -0.05) is 6.07 Å². The highest BCUT2D eigenvalue weighted by Crippen LogP contribution is 2.21. The fourth-order valence-electron chi connectivity index (χ4n) is 1.73. The first-order chi connectivity index (χ1) is 10.3. The van der Waals surface area contributed by atoms with Crippen molar-refractivity contribution < 1.29 is 26.7 Å². The van der Waals surface area contributed by atoms with E-state index in [2.05, 4.69) is 5.32 Å². The third-order valence-corrected chi connectivity index (χ3v) is 4.32. The van der Waals surface area contributed by atoms with Crippen LogP contribution >= 0.6 is 0 Å². The summed E-state index contributed by atoms with van der Waals surface area (Å²) >= 11 is 0. The molecular formula is C14H12F3NO3S. The Bertz CT molecular complexity index is 761. The molecule has 0 aliphatic carbocycles. The van der Waals surface area contributed by atoms with Gasteiger partial charge in [0.25, 0.3) is 0 Å². The Labute approximate surface area is 125 Å². The van der Waals surface area contributed by atoms with Crippen molar-refractivity contribution in [3.05, 3.63) is 53.8 Å². The normalized spacial score (nSPS) is 11.6. The third-order valence-electron chi connectivity index (χ3n) is 2.93. The van der Waals surface area contributed by atoms with Crippen molar-refractivity contribution in [2.45, 2.75) is 17.2 Å². The van der Waals surface area contributed by atoms with E-state index in [4.69, 9.17) is 5.11 Å². The van der Waals surface area contributed by atoms with Crippen LogP contribution in [-0.2, 0) is 16.4 Å². The lowest BCUT2D eigenvalue weighted by atomic mass is 10.2. The molecule has 2 aromatic rings. The molecule has 0 saturated heterocycles. The van der Waals surface area contributed by atoms with Gasteiger partial charge in [0.05, 0.1) is 4.90 Å². The van der Waals surface area contributed by atoms with Gasteiger partial charge in [-0.15, -0.1) is 0 Å². The molecule has 8 heteroatoms. The van der Waals surface area contributed by atoms with E-state index >= 15 is 0 Å². The van der Waals surface area contributed by atoms with Gasteiger partial charge in [0.15, 0.2) is 11.6 Å². The molecule has 0 heterocycles. The molecule has 2 aromatic carbocycles. The van der Waals surface area contributed by atoms with Crippen LogP contribution in [0.5, 0.6) is 5.75 Å². The van der Waals surface area contributed by atoms with Crippen molar-refractivity contribution in [2.75, 3.05) is 5.32 Å². The summed E-state index contributed by atoms with van der Waals surface area (Å²) in [6, 6.07) is 8.70. The molecule has 0 spiro atoms. The lowest BCUT2D eigenvalue weighted by Crippen LogP contribution is -2.11. The maximum absolute atomic E-state index is 13.1. The van der Waals surface area contributed by atoms with Gasteiger partial charge in [0, 0.05) is 12.2 Å². The summed E-state index contributed by atoms with van der Waals surface area (Å²) in [5, 5.41) is 12.0. The molecule has 118 valence electrons. The predicted molar refractivity (Wildman–Crippen MR) is 75.0 cm³/mol. The molecule has 0 aliphatic rings. The number of nitrogens with one attached hydrogen (secondary N) is 1. The second-order valence-electron chi connectivity index (χ2n) is 4.47. The molecular weight excluding hydrogens is 319 g/mol. The molecule has 0 aromatic heterocycles. The molecule has 4 nitrogen and oxygen atoms in total. The van der Waals surface area contributed by atoms with Crippen LogP contribution in [0.15, 0.2) is 47.4 Å². The summed E-state index contributed by atoms with van der Waals surface area (Å²) in [7, 11) is -4.61. The lowest BCUT2D eigenvalue weighted by Gasteiger charge is -2.08. The largest absolute Gasteiger partial charge is 0.505 e. The second-order valence-corrected chi connectivity index (χ2v) is 6.39. The highest BCUT2D eigenvalue weighted by molar-refractivity contribution is 7.91. The summed E-state index contributed by atoms with van der Waals surface area (Å²) in [4.78, 5) is -0.469. The first-order valence-corrected chi connectivity index (χ1v) is 7.69. The number of sulfone groups is 1. The molecule has 0 amide bonds. The maximum Gasteiger partial charge on any atom is 0.341 e. The van der Waals surface area contributed by atoms with Crippen LogP contribution in [0, 0.1) is 5.82 Å². The fraction of sp³-hybridized carbons (Fsp3) is 0.143. The Hall–Kier alpha value is -2.22. The van der Waals surface area contributed by atoms with E-state index in [0.29, 0.717) is 11.3 Å². The molecule has 0 atom stereocenters. The topological polar surface area (TPSA) is 66.4 Å². The van der Waals surface area contributed by atoms with E-state index < -0.39 is 32.1 Å². The molecule has 0 radical (unpaired) electrons. The van der Waals surface area contributed by atoms with E-state index in [1.165, 1.54) is 24.3 Å². The van der Waals surface area contributed by atoms with Crippen molar-refractivity contribution in [1.82, 2.24) is 0 Å². The number of halogens is 3. The minimum atomic E-state index is -4.61. The molecule has 0 bridgehead atoms. The minimum absolute atomic E-state index is 0.220. The number of alkyl halides is 2. The van der Waals surface area contributed by atoms with Crippen LogP contribution in [0.2, 0.25) is 0 Å². The first kappa shape index (κ1) is 16.2. The smallest absolute Gasteiger partial charge is 0.341 e. The summed E-state index contributed by atoms with van der Waals surface area (Å²) in [5.74, 6) is -4.67. The van der Waals surface area contributed by atoms with E-state index in [-0.39, 0.29) is 6.54 Å². The second kappa shape index (κ2) is 6.27.